The van der Waals surface area contributed by atoms with E-state index in [2.05, 4.69) is 5.10 Å². The van der Waals surface area contributed by atoms with Crippen molar-refractivity contribution in [2.75, 3.05) is 5.73 Å². The van der Waals surface area contributed by atoms with Crippen LogP contribution in [0, 0.1) is 5.82 Å². The Bertz CT molecular complexity index is 481. The standard InChI is InChI=1S/C10H9ClFN3/c11-8-4-14-15(6-8)5-7-1-2-9(12)3-10(7)13/h1-4,6H,5,13H2. The molecule has 3 nitrogen and oxygen atoms in total. The van der Waals surface area contributed by atoms with E-state index in [-0.39, 0.29) is 5.82 Å². The molecule has 2 rings (SSSR count). The number of aromatic nitrogens is 2. The maximum atomic E-state index is 12.8. The number of hydrogen-bond acceptors (Lipinski definition) is 2. The first kappa shape index (κ1) is 9.98. The maximum Gasteiger partial charge on any atom is 0.125 e. The van der Waals surface area contributed by atoms with E-state index in [1.54, 1.807) is 23.1 Å². The van der Waals surface area contributed by atoms with Crippen LogP contribution in [0.3, 0.4) is 0 Å². The third kappa shape index (κ3) is 2.27. The van der Waals surface area contributed by atoms with Crippen molar-refractivity contribution in [2.45, 2.75) is 6.54 Å². The van der Waals surface area contributed by atoms with Gasteiger partial charge in [-0.3, -0.25) is 4.68 Å². The molecule has 0 aliphatic carbocycles. The van der Waals surface area contributed by atoms with Crippen LogP contribution in [0.4, 0.5) is 10.1 Å². The van der Waals surface area contributed by atoms with Crippen LogP contribution in [-0.2, 0) is 6.54 Å². The fraction of sp³-hybridized carbons (Fsp3) is 0.100. The Morgan fingerprint density at radius 2 is 2.27 bits per heavy atom. The number of nitrogen functional groups attached to an aromatic ring is 1. The average Bonchev–Trinajstić information content (AvgIpc) is 2.56. The summed E-state index contributed by atoms with van der Waals surface area (Å²) in [6.45, 7) is 0.485. The van der Waals surface area contributed by atoms with Gasteiger partial charge < -0.3 is 5.73 Å². The molecule has 2 N–H and O–H groups in total. The summed E-state index contributed by atoms with van der Waals surface area (Å²) in [5.41, 5.74) is 6.90. The van der Waals surface area contributed by atoms with E-state index < -0.39 is 0 Å². The van der Waals surface area contributed by atoms with Gasteiger partial charge in [0.2, 0.25) is 0 Å². The van der Waals surface area contributed by atoms with Gasteiger partial charge in [0, 0.05) is 11.9 Å². The van der Waals surface area contributed by atoms with E-state index in [4.69, 9.17) is 17.3 Å². The molecule has 0 fully saturated rings. The fourth-order valence-corrected chi connectivity index (χ4v) is 1.47. The second kappa shape index (κ2) is 3.90. The first-order valence-electron chi connectivity index (χ1n) is 4.37. The summed E-state index contributed by atoms with van der Waals surface area (Å²) in [5, 5.41) is 4.58. The summed E-state index contributed by atoms with van der Waals surface area (Å²) in [6.07, 6.45) is 3.23. The Morgan fingerprint density at radius 1 is 1.47 bits per heavy atom. The van der Waals surface area contributed by atoms with Gasteiger partial charge in [0.1, 0.15) is 5.82 Å². The molecular weight excluding hydrogens is 217 g/mol. The summed E-state index contributed by atoms with van der Waals surface area (Å²) in [6, 6.07) is 4.30. The summed E-state index contributed by atoms with van der Waals surface area (Å²) in [5.74, 6) is -0.338. The Hall–Kier alpha value is -1.55. The minimum absolute atomic E-state index is 0.338. The Morgan fingerprint density at radius 3 is 2.87 bits per heavy atom. The van der Waals surface area contributed by atoms with Gasteiger partial charge in [0.05, 0.1) is 17.8 Å². The molecule has 0 unspecified atom stereocenters. The van der Waals surface area contributed by atoms with Gasteiger partial charge >= 0.3 is 0 Å². The van der Waals surface area contributed by atoms with Crippen molar-refractivity contribution >= 4 is 17.3 Å². The minimum atomic E-state index is -0.338. The van der Waals surface area contributed by atoms with E-state index in [0.717, 1.165) is 5.56 Å². The van der Waals surface area contributed by atoms with Crippen LogP contribution in [-0.4, -0.2) is 9.78 Å². The molecule has 78 valence electrons. The Labute approximate surface area is 91.3 Å². The van der Waals surface area contributed by atoms with Gasteiger partial charge in [-0.25, -0.2) is 4.39 Å². The molecule has 5 heteroatoms. The van der Waals surface area contributed by atoms with Crippen LogP contribution in [0.2, 0.25) is 5.02 Å². The quantitative estimate of drug-likeness (QED) is 0.797. The smallest absolute Gasteiger partial charge is 0.125 e. The first-order valence-corrected chi connectivity index (χ1v) is 4.75. The number of halogens is 2. The molecule has 0 saturated carbocycles. The second-order valence-electron chi connectivity index (χ2n) is 3.20. The Kier molecular flexibility index (Phi) is 2.60. The van der Waals surface area contributed by atoms with Crippen LogP contribution in [0.15, 0.2) is 30.6 Å². The summed E-state index contributed by atoms with van der Waals surface area (Å²) < 4.78 is 14.4. The molecule has 15 heavy (non-hydrogen) atoms. The number of rotatable bonds is 2. The van der Waals surface area contributed by atoms with E-state index in [1.807, 2.05) is 0 Å². The number of nitrogens with zero attached hydrogens (tertiary/aromatic N) is 2. The van der Waals surface area contributed by atoms with E-state index in [1.165, 1.54) is 12.1 Å². The highest BCUT2D eigenvalue weighted by atomic mass is 35.5. The maximum absolute atomic E-state index is 12.8. The second-order valence-corrected chi connectivity index (χ2v) is 3.64. The predicted octanol–water partition coefficient (Wildman–Crippen LogP) is 2.31. The molecule has 1 heterocycles. The number of hydrogen-bond donors (Lipinski definition) is 1. The van der Waals surface area contributed by atoms with E-state index in [9.17, 15) is 4.39 Å². The summed E-state index contributed by atoms with van der Waals surface area (Å²) >= 11 is 5.72. The molecule has 0 radical (unpaired) electrons. The monoisotopic (exact) mass is 225 g/mol. The SMILES string of the molecule is Nc1cc(F)ccc1Cn1cc(Cl)cn1. The van der Waals surface area contributed by atoms with Gasteiger partial charge in [-0.2, -0.15) is 5.10 Å². The zero-order valence-electron chi connectivity index (χ0n) is 7.82. The number of nitrogens with two attached hydrogens (primary N) is 1. The minimum Gasteiger partial charge on any atom is -0.398 e. The molecule has 0 spiro atoms. The van der Waals surface area contributed by atoms with Crippen molar-refractivity contribution in [1.29, 1.82) is 0 Å². The van der Waals surface area contributed by atoms with Crippen LogP contribution >= 0.6 is 11.6 Å². The van der Waals surface area contributed by atoms with Crippen molar-refractivity contribution in [3.63, 3.8) is 0 Å². The molecule has 0 atom stereocenters. The van der Waals surface area contributed by atoms with Crippen LogP contribution in [0.1, 0.15) is 5.56 Å². The zero-order chi connectivity index (χ0) is 10.8. The molecule has 0 saturated heterocycles. The van der Waals surface area contributed by atoms with Crippen molar-refractivity contribution < 1.29 is 4.39 Å². The molecule has 2 aromatic rings. The van der Waals surface area contributed by atoms with Crippen LogP contribution in [0.25, 0.3) is 0 Å². The number of benzene rings is 1. The molecule has 1 aromatic carbocycles. The molecule has 0 aliphatic heterocycles. The molecule has 0 bridgehead atoms. The molecule has 0 aliphatic rings. The van der Waals surface area contributed by atoms with Gasteiger partial charge in [-0.1, -0.05) is 17.7 Å². The fourth-order valence-electron chi connectivity index (χ4n) is 1.31. The van der Waals surface area contributed by atoms with E-state index >= 15 is 0 Å². The predicted molar refractivity (Wildman–Crippen MR) is 57.2 cm³/mol. The number of anilines is 1. The van der Waals surface area contributed by atoms with Crippen molar-refractivity contribution in [3.8, 4) is 0 Å². The zero-order valence-corrected chi connectivity index (χ0v) is 8.58. The van der Waals surface area contributed by atoms with Crippen molar-refractivity contribution in [1.82, 2.24) is 9.78 Å². The largest absolute Gasteiger partial charge is 0.398 e. The summed E-state index contributed by atoms with van der Waals surface area (Å²) in [7, 11) is 0. The first-order chi connectivity index (χ1) is 7.15. The third-order valence-electron chi connectivity index (χ3n) is 2.04. The topological polar surface area (TPSA) is 43.8 Å². The molecule has 0 amide bonds. The van der Waals surface area contributed by atoms with Crippen molar-refractivity contribution in [2.24, 2.45) is 0 Å². The highest BCUT2D eigenvalue weighted by Gasteiger charge is 2.02. The van der Waals surface area contributed by atoms with Crippen LogP contribution < -0.4 is 5.73 Å². The van der Waals surface area contributed by atoms with Gasteiger partial charge in [-0.05, 0) is 17.7 Å². The van der Waals surface area contributed by atoms with Gasteiger partial charge in [-0.15, -0.1) is 0 Å². The third-order valence-corrected chi connectivity index (χ3v) is 2.24. The lowest BCUT2D eigenvalue weighted by atomic mass is 10.2. The average molecular weight is 226 g/mol. The highest BCUT2D eigenvalue weighted by molar-refractivity contribution is 6.30. The highest BCUT2D eigenvalue weighted by Crippen LogP contribution is 2.15. The van der Waals surface area contributed by atoms with E-state index in [0.29, 0.717) is 17.3 Å². The lowest BCUT2D eigenvalue weighted by Gasteiger charge is -2.05. The van der Waals surface area contributed by atoms with Crippen LogP contribution in [0.5, 0.6) is 0 Å². The molecule has 1 aromatic heterocycles. The lowest BCUT2D eigenvalue weighted by molar-refractivity contribution is 0.625. The normalized spacial score (nSPS) is 10.5. The van der Waals surface area contributed by atoms with Gasteiger partial charge in [0.25, 0.3) is 0 Å². The van der Waals surface area contributed by atoms with Crippen molar-refractivity contribution in [3.05, 3.63) is 47.0 Å². The molecular formula is C10H9ClFN3. The summed E-state index contributed by atoms with van der Waals surface area (Å²) in [4.78, 5) is 0. The Balaban J connectivity index is 2.24. The van der Waals surface area contributed by atoms with Gasteiger partial charge in [0.15, 0.2) is 0 Å². The lowest BCUT2D eigenvalue weighted by Crippen LogP contribution is -2.03.